The number of ether oxygens (including phenoxy) is 2. The summed E-state index contributed by atoms with van der Waals surface area (Å²) in [6.07, 6.45) is 1.75. The van der Waals surface area contributed by atoms with Gasteiger partial charge in [-0.3, -0.25) is 0 Å². The zero-order chi connectivity index (χ0) is 13.3. The molecule has 100 valence electrons. The molecule has 0 saturated carbocycles. The van der Waals surface area contributed by atoms with Crippen molar-refractivity contribution in [1.82, 2.24) is 0 Å². The van der Waals surface area contributed by atoms with Gasteiger partial charge in [0.05, 0.1) is 0 Å². The van der Waals surface area contributed by atoms with Gasteiger partial charge in [-0.2, -0.15) is 0 Å². The standard InChI is InChI=1S/2C4H7O2.C3H7.ClH.Sn/c2*1-3-4(5)6-2;1-3-2;;/h2*1,3H2,2H3;1,3H2,2H3;1H;/q;;;;+1/p-1. The van der Waals surface area contributed by atoms with Crippen LogP contribution in [0.25, 0.3) is 0 Å². The van der Waals surface area contributed by atoms with E-state index in [2.05, 4.69) is 16.4 Å². The summed E-state index contributed by atoms with van der Waals surface area (Å²) in [7, 11) is 9.39. The van der Waals surface area contributed by atoms with Crippen LogP contribution >= 0.6 is 8.92 Å². The number of methoxy groups -OCH3 is 2. The number of carbonyl (C=O) groups is 2. The van der Waals surface area contributed by atoms with Crippen molar-refractivity contribution >= 4 is 38.1 Å². The summed E-state index contributed by atoms with van der Waals surface area (Å²) >= 11 is -2.82. The van der Waals surface area contributed by atoms with Gasteiger partial charge in [0.1, 0.15) is 0 Å². The van der Waals surface area contributed by atoms with Crippen molar-refractivity contribution in [3.05, 3.63) is 0 Å². The second-order valence-electron chi connectivity index (χ2n) is 4.05. The predicted molar refractivity (Wildman–Crippen MR) is 69.6 cm³/mol. The molecule has 4 nitrogen and oxygen atoms in total. The minimum atomic E-state index is -2.82. The van der Waals surface area contributed by atoms with Crippen molar-refractivity contribution in [2.75, 3.05) is 14.2 Å². The fourth-order valence-electron chi connectivity index (χ4n) is 1.68. The monoisotopic (exact) mass is 372 g/mol. The topological polar surface area (TPSA) is 52.6 Å². The molecule has 0 rings (SSSR count). The molecule has 0 radical (unpaired) electrons. The molecule has 0 unspecified atom stereocenters. The van der Waals surface area contributed by atoms with Crippen LogP contribution in [0.4, 0.5) is 0 Å². The first-order valence-electron chi connectivity index (χ1n) is 5.80. The first-order chi connectivity index (χ1) is 7.97. The minimum absolute atomic E-state index is 0.221. The number of halogens is 1. The number of rotatable bonds is 8. The van der Waals surface area contributed by atoms with Gasteiger partial charge in [-0.05, 0) is 0 Å². The van der Waals surface area contributed by atoms with Gasteiger partial charge in [0.2, 0.25) is 0 Å². The van der Waals surface area contributed by atoms with Crippen LogP contribution in [0.5, 0.6) is 0 Å². The summed E-state index contributed by atoms with van der Waals surface area (Å²) in [6.45, 7) is 2.07. The summed E-state index contributed by atoms with van der Waals surface area (Å²) in [5.74, 6) is -0.443. The molecular formula is C11H21ClO4Sn. The van der Waals surface area contributed by atoms with Gasteiger partial charge in [0.25, 0.3) is 0 Å². The van der Waals surface area contributed by atoms with Crippen LogP contribution in [-0.2, 0) is 19.1 Å². The fraction of sp³-hybridized carbons (Fsp3) is 0.818. The normalized spacial score (nSPS) is 11.1. The molecule has 17 heavy (non-hydrogen) atoms. The van der Waals surface area contributed by atoms with Crippen LogP contribution in [-0.4, -0.2) is 43.4 Å². The Kier molecular flexibility index (Phi) is 9.04. The van der Waals surface area contributed by atoms with E-state index in [0.29, 0.717) is 12.8 Å². The molecule has 0 amide bonds. The van der Waals surface area contributed by atoms with Gasteiger partial charge in [-0.25, -0.2) is 0 Å². The molecule has 0 aromatic carbocycles. The second-order valence-corrected chi connectivity index (χ2v) is 20.3. The average Bonchev–Trinajstić information content (AvgIpc) is 2.33. The first kappa shape index (κ1) is 17.0. The fourth-order valence-corrected chi connectivity index (χ4v) is 12.6. The molecule has 0 aromatic rings. The van der Waals surface area contributed by atoms with Crippen molar-refractivity contribution in [3.63, 3.8) is 0 Å². The Labute approximate surface area is 111 Å². The molecule has 6 heteroatoms. The zero-order valence-corrected chi connectivity index (χ0v) is 14.4. The maximum atomic E-state index is 11.1. The molecule has 0 N–H and O–H groups in total. The summed E-state index contributed by atoms with van der Waals surface area (Å²) in [6, 6.07) is 0. The summed E-state index contributed by atoms with van der Waals surface area (Å²) in [4.78, 5) is 22.2. The number of hydrogen-bond acceptors (Lipinski definition) is 4. The SMILES string of the molecule is CC[CH2][Sn]([Cl])([CH2]CC(=O)OC)[CH2]CC(=O)OC. The number of esters is 2. The van der Waals surface area contributed by atoms with E-state index in [1.165, 1.54) is 14.2 Å². The Hall–Kier alpha value is 0.0287. The van der Waals surface area contributed by atoms with Crippen LogP contribution in [0.3, 0.4) is 0 Å². The molecule has 0 aliphatic carbocycles. The third-order valence-electron chi connectivity index (χ3n) is 2.71. The van der Waals surface area contributed by atoms with E-state index in [-0.39, 0.29) is 11.9 Å². The summed E-state index contributed by atoms with van der Waals surface area (Å²) in [5, 5.41) is 0. The zero-order valence-electron chi connectivity index (χ0n) is 10.8. The molecule has 0 aromatic heterocycles. The molecule has 0 spiro atoms. The molecule has 0 aliphatic rings. The van der Waals surface area contributed by atoms with Gasteiger partial charge < -0.3 is 0 Å². The van der Waals surface area contributed by atoms with Crippen LogP contribution < -0.4 is 0 Å². The third-order valence-corrected chi connectivity index (χ3v) is 17.0. The molecule has 0 aliphatic heterocycles. The third kappa shape index (κ3) is 7.86. The van der Waals surface area contributed by atoms with E-state index in [1.54, 1.807) is 0 Å². The van der Waals surface area contributed by atoms with Crippen molar-refractivity contribution in [2.45, 2.75) is 39.5 Å². The Balaban J connectivity index is 4.24. The second kappa shape index (κ2) is 9.02. The first-order valence-corrected chi connectivity index (χ1v) is 15.5. The van der Waals surface area contributed by atoms with Crippen molar-refractivity contribution in [3.8, 4) is 0 Å². The summed E-state index contributed by atoms with van der Waals surface area (Å²) in [5.41, 5.74) is 0. The number of hydrogen-bond donors (Lipinski definition) is 0. The summed E-state index contributed by atoms with van der Waals surface area (Å²) < 4.78 is 11.7. The maximum absolute atomic E-state index is 11.1. The number of carbonyl (C=O) groups excluding carboxylic acids is 2. The molecular weight excluding hydrogens is 350 g/mol. The van der Waals surface area contributed by atoms with Gasteiger partial charge in [-0.15, -0.1) is 0 Å². The Bertz CT molecular complexity index is 238. The van der Waals surface area contributed by atoms with Gasteiger partial charge >= 0.3 is 111 Å². The van der Waals surface area contributed by atoms with E-state index < -0.39 is 17.3 Å². The van der Waals surface area contributed by atoms with Crippen LogP contribution in [0.2, 0.25) is 13.3 Å². The van der Waals surface area contributed by atoms with Crippen LogP contribution in [0.1, 0.15) is 26.2 Å². The molecule has 0 fully saturated rings. The molecule has 0 bridgehead atoms. The van der Waals surface area contributed by atoms with Crippen molar-refractivity contribution in [2.24, 2.45) is 0 Å². The van der Waals surface area contributed by atoms with E-state index in [1.807, 2.05) is 0 Å². The van der Waals surface area contributed by atoms with E-state index in [9.17, 15) is 9.59 Å². The Morgan fingerprint density at radius 1 is 1.00 bits per heavy atom. The van der Waals surface area contributed by atoms with Gasteiger partial charge in [-0.1, -0.05) is 0 Å². The average molecular weight is 371 g/mol. The van der Waals surface area contributed by atoms with Crippen molar-refractivity contribution < 1.29 is 19.1 Å². The molecule has 0 atom stereocenters. The van der Waals surface area contributed by atoms with Crippen LogP contribution in [0.15, 0.2) is 0 Å². The van der Waals surface area contributed by atoms with Gasteiger partial charge in [0, 0.05) is 0 Å². The molecule has 0 heterocycles. The van der Waals surface area contributed by atoms with Crippen molar-refractivity contribution in [1.29, 1.82) is 0 Å². The predicted octanol–water partition coefficient (Wildman–Crippen LogP) is 2.71. The molecule has 0 saturated heterocycles. The van der Waals surface area contributed by atoms with Gasteiger partial charge in [0.15, 0.2) is 0 Å². The Morgan fingerprint density at radius 2 is 1.41 bits per heavy atom. The van der Waals surface area contributed by atoms with E-state index >= 15 is 0 Å². The van der Waals surface area contributed by atoms with Crippen LogP contribution in [0, 0.1) is 0 Å². The van der Waals surface area contributed by atoms with E-state index in [0.717, 1.165) is 19.7 Å². The quantitative estimate of drug-likeness (QED) is 0.486. The Morgan fingerprint density at radius 3 is 1.71 bits per heavy atom. The van der Waals surface area contributed by atoms with E-state index in [4.69, 9.17) is 8.92 Å².